The fraction of sp³-hybridized carbons (Fsp3) is 0.667. The van der Waals surface area contributed by atoms with Gasteiger partial charge < -0.3 is 10.1 Å². The van der Waals surface area contributed by atoms with Gasteiger partial charge in [-0.3, -0.25) is 4.68 Å². The van der Waals surface area contributed by atoms with Gasteiger partial charge in [-0.05, 0) is 26.2 Å². The lowest BCUT2D eigenvalue weighted by molar-refractivity contribution is 0.0979. The van der Waals surface area contributed by atoms with E-state index in [-0.39, 0.29) is 6.10 Å². The Balaban J connectivity index is 1.39. The van der Waals surface area contributed by atoms with Gasteiger partial charge in [-0.15, -0.1) is 11.3 Å². The molecule has 0 aromatic carbocycles. The smallest absolute Gasteiger partial charge is 0.101 e. The van der Waals surface area contributed by atoms with Crippen LogP contribution in [0.15, 0.2) is 12.4 Å². The molecule has 2 aromatic rings. The number of hydrogen-bond donors (Lipinski definition) is 1. The Hall–Kier alpha value is -1.24. The van der Waals surface area contributed by atoms with Gasteiger partial charge in [0.2, 0.25) is 0 Å². The van der Waals surface area contributed by atoms with Crippen molar-refractivity contribution in [2.24, 2.45) is 7.05 Å². The molecule has 1 aliphatic carbocycles. The lowest BCUT2D eigenvalue weighted by atomic mass is 10.0. The maximum Gasteiger partial charge on any atom is 0.101 e. The molecule has 3 heterocycles. The lowest BCUT2D eigenvalue weighted by Crippen LogP contribution is -2.31. The fourth-order valence-corrected chi connectivity index (χ4v) is 4.94. The Bertz CT molecular complexity index is 689. The van der Waals surface area contributed by atoms with E-state index >= 15 is 0 Å². The van der Waals surface area contributed by atoms with E-state index < -0.39 is 0 Å². The van der Waals surface area contributed by atoms with Crippen molar-refractivity contribution in [1.82, 2.24) is 20.1 Å². The number of nitrogens with one attached hydrogen (secondary N) is 1. The molecule has 0 bridgehead atoms. The zero-order valence-corrected chi connectivity index (χ0v) is 15.3. The number of rotatable bonds is 5. The van der Waals surface area contributed by atoms with Gasteiger partial charge in [0.25, 0.3) is 0 Å². The highest BCUT2D eigenvalue weighted by molar-refractivity contribution is 7.11. The first-order chi connectivity index (χ1) is 11.7. The molecule has 2 fully saturated rings. The van der Waals surface area contributed by atoms with Crippen LogP contribution in [-0.2, 0) is 18.3 Å². The van der Waals surface area contributed by atoms with Gasteiger partial charge in [-0.1, -0.05) is 12.8 Å². The zero-order chi connectivity index (χ0) is 16.5. The quantitative estimate of drug-likeness (QED) is 0.901. The highest BCUT2D eigenvalue weighted by Crippen LogP contribution is 2.36. The standard InChI is InChI=1S/C18H26N4OS/c1-12-15(11-21-22(12)2)17-16(7-8-23-17)19-9-14-10-20-18(24-14)13-5-3-4-6-13/h10-11,13,16-17,19H,3-9H2,1-2H3/t16-,17+/m0/s1. The molecule has 2 atom stereocenters. The van der Waals surface area contributed by atoms with Crippen LogP contribution in [0.2, 0.25) is 0 Å². The zero-order valence-electron chi connectivity index (χ0n) is 14.5. The Morgan fingerprint density at radius 2 is 2.12 bits per heavy atom. The molecule has 0 radical (unpaired) electrons. The molecule has 6 heteroatoms. The topological polar surface area (TPSA) is 52.0 Å². The average Bonchev–Trinajstić information content (AvgIpc) is 3.34. The number of ether oxygens (including phenoxy) is 1. The first kappa shape index (κ1) is 16.2. The van der Waals surface area contributed by atoms with Gasteiger partial charge in [-0.25, -0.2) is 4.98 Å². The first-order valence-corrected chi connectivity index (χ1v) is 9.82. The van der Waals surface area contributed by atoms with Crippen molar-refractivity contribution in [1.29, 1.82) is 0 Å². The molecule has 4 rings (SSSR count). The second-order valence-corrected chi connectivity index (χ2v) is 8.17. The van der Waals surface area contributed by atoms with E-state index in [9.17, 15) is 0 Å². The van der Waals surface area contributed by atoms with Crippen molar-refractivity contribution in [2.45, 2.75) is 63.6 Å². The van der Waals surface area contributed by atoms with E-state index in [1.54, 1.807) is 0 Å². The van der Waals surface area contributed by atoms with E-state index in [0.29, 0.717) is 12.0 Å². The molecular formula is C18H26N4OS. The Morgan fingerprint density at radius 3 is 2.88 bits per heavy atom. The van der Waals surface area contributed by atoms with Crippen LogP contribution in [-0.4, -0.2) is 27.4 Å². The Morgan fingerprint density at radius 1 is 1.29 bits per heavy atom. The minimum Gasteiger partial charge on any atom is -0.372 e. The predicted molar refractivity (Wildman–Crippen MR) is 95.2 cm³/mol. The van der Waals surface area contributed by atoms with Crippen molar-refractivity contribution in [3.63, 3.8) is 0 Å². The maximum absolute atomic E-state index is 5.99. The SMILES string of the molecule is Cc1c([C@H]2OCC[C@@H]2NCc2cnc(C3CCCC3)s2)cnn1C. The summed E-state index contributed by atoms with van der Waals surface area (Å²) in [4.78, 5) is 6.01. The van der Waals surface area contributed by atoms with E-state index in [1.165, 1.54) is 46.8 Å². The van der Waals surface area contributed by atoms with Gasteiger partial charge in [0.05, 0.1) is 11.2 Å². The number of thiazole rings is 1. The summed E-state index contributed by atoms with van der Waals surface area (Å²) in [6, 6.07) is 0.352. The molecule has 1 N–H and O–H groups in total. The van der Waals surface area contributed by atoms with Crippen LogP contribution in [0.4, 0.5) is 0 Å². The summed E-state index contributed by atoms with van der Waals surface area (Å²) >= 11 is 1.89. The van der Waals surface area contributed by atoms with Crippen LogP contribution in [0, 0.1) is 6.92 Å². The molecule has 5 nitrogen and oxygen atoms in total. The first-order valence-electron chi connectivity index (χ1n) is 9.00. The number of nitrogens with zero attached hydrogens (tertiary/aromatic N) is 3. The summed E-state index contributed by atoms with van der Waals surface area (Å²) in [5, 5.41) is 9.40. The fourth-order valence-electron chi connectivity index (χ4n) is 3.90. The maximum atomic E-state index is 5.99. The molecule has 24 heavy (non-hydrogen) atoms. The number of aromatic nitrogens is 3. The molecule has 1 saturated heterocycles. The molecule has 0 amide bonds. The molecule has 2 aliphatic rings. The molecule has 1 aliphatic heterocycles. The number of hydrogen-bond acceptors (Lipinski definition) is 5. The largest absolute Gasteiger partial charge is 0.372 e. The third kappa shape index (κ3) is 3.15. The van der Waals surface area contributed by atoms with Crippen LogP contribution in [0.5, 0.6) is 0 Å². The van der Waals surface area contributed by atoms with E-state index in [4.69, 9.17) is 4.74 Å². The predicted octanol–water partition coefficient (Wildman–Crippen LogP) is 3.46. The molecule has 130 valence electrons. The van der Waals surface area contributed by atoms with Crippen molar-refractivity contribution < 1.29 is 4.74 Å². The summed E-state index contributed by atoms with van der Waals surface area (Å²) < 4.78 is 7.91. The van der Waals surface area contributed by atoms with E-state index in [0.717, 1.165) is 19.6 Å². The Kier molecular flexibility index (Phi) is 4.70. The van der Waals surface area contributed by atoms with Crippen molar-refractivity contribution in [3.8, 4) is 0 Å². The van der Waals surface area contributed by atoms with Gasteiger partial charge in [0.15, 0.2) is 0 Å². The van der Waals surface area contributed by atoms with Crippen LogP contribution in [0.1, 0.15) is 65.3 Å². The van der Waals surface area contributed by atoms with Crippen molar-refractivity contribution in [2.75, 3.05) is 6.61 Å². The monoisotopic (exact) mass is 346 g/mol. The third-order valence-electron chi connectivity index (χ3n) is 5.49. The minimum absolute atomic E-state index is 0.112. The molecule has 1 saturated carbocycles. The highest BCUT2D eigenvalue weighted by Gasteiger charge is 2.31. The average molecular weight is 347 g/mol. The summed E-state index contributed by atoms with van der Waals surface area (Å²) in [7, 11) is 1.98. The molecule has 2 aromatic heterocycles. The minimum atomic E-state index is 0.112. The van der Waals surface area contributed by atoms with Gasteiger partial charge in [0, 0.05) is 54.5 Å². The summed E-state index contributed by atoms with van der Waals surface area (Å²) in [6.07, 6.45) is 10.5. The van der Waals surface area contributed by atoms with Crippen molar-refractivity contribution in [3.05, 3.63) is 33.5 Å². The van der Waals surface area contributed by atoms with Crippen molar-refractivity contribution >= 4 is 11.3 Å². The number of aryl methyl sites for hydroxylation is 1. The van der Waals surface area contributed by atoms with Crippen LogP contribution >= 0.6 is 11.3 Å². The molecular weight excluding hydrogens is 320 g/mol. The van der Waals surface area contributed by atoms with Gasteiger partial charge in [-0.2, -0.15) is 5.10 Å². The van der Waals surface area contributed by atoms with Crippen LogP contribution in [0.3, 0.4) is 0 Å². The highest BCUT2D eigenvalue weighted by atomic mass is 32.1. The summed E-state index contributed by atoms with van der Waals surface area (Å²) in [5.74, 6) is 0.712. The van der Waals surface area contributed by atoms with Crippen LogP contribution in [0.25, 0.3) is 0 Å². The van der Waals surface area contributed by atoms with E-state index in [1.807, 2.05) is 29.3 Å². The molecule has 0 spiro atoms. The Labute approximate surface area is 147 Å². The van der Waals surface area contributed by atoms with Gasteiger partial charge in [0.1, 0.15) is 6.10 Å². The summed E-state index contributed by atoms with van der Waals surface area (Å²) in [5.41, 5.74) is 2.40. The van der Waals surface area contributed by atoms with E-state index in [2.05, 4.69) is 28.5 Å². The third-order valence-corrected chi connectivity index (χ3v) is 6.65. The second-order valence-electron chi connectivity index (χ2n) is 7.02. The van der Waals surface area contributed by atoms with Gasteiger partial charge >= 0.3 is 0 Å². The lowest BCUT2D eigenvalue weighted by Gasteiger charge is -2.19. The second kappa shape index (κ2) is 6.94. The summed E-state index contributed by atoms with van der Waals surface area (Å²) in [6.45, 7) is 3.80. The molecule has 0 unspecified atom stereocenters. The van der Waals surface area contributed by atoms with Crippen LogP contribution < -0.4 is 5.32 Å². The normalized spacial score (nSPS) is 24.9.